The first-order valence-electron chi connectivity index (χ1n) is 12.7. The number of nitro benzene ring substituents is 1. The molecule has 2 N–H and O–H groups in total. The molecule has 1 aromatic heterocycles. The Morgan fingerprint density at radius 3 is 2.51 bits per heavy atom. The fraction of sp³-hybridized carbons (Fsp3) is 0.286. The van der Waals surface area contributed by atoms with Gasteiger partial charge in [-0.2, -0.15) is 0 Å². The molecule has 2 aromatic carbocycles. The number of non-ortho nitro benzene ring substituents is 1. The molecule has 0 radical (unpaired) electrons. The van der Waals surface area contributed by atoms with Crippen LogP contribution < -0.4 is 10.6 Å². The summed E-state index contributed by atoms with van der Waals surface area (Å²) in [6.45, 7) is 4.24. The predicted octanol–water partition coefficient (Wildman–Crippen LogP) is 5.11. The summed E-state index contributed by atoms with van der Waals surface area (Å²) in [5.41, 5.74) is 1.79. The van der Waals surface area contributed by atoms with Gasteiger partial charge in [0.2, 0.25) is 11.8 Å². The molecule has 2 heterocycles. The number of amides is 3. The molecule has 0 fully saturated rings. The minimum absolute atomic E-state index is 0.0529. The number of thiophene rings is 1. The van der Waals surface area contributed by atoms with Crippen LogP contribution in [0.25, 0.3) is 0 Å². The van der Waals surface area contributed by atoms with E-state index < -0.39 is 22.0 Å². The quantitative estimate of drug-likeness (QED) is 0.150. The number of hydrogen-bond acceptors (Lipinski definition) is 9. The molecule has 4 rings (SSSR count). The minimum Gasteiger partial charge on any atom is -0.465 e. The summed E-state index contributed by atoms with van der Waals surface area (Å²) in [6, 6.07) is 12.3. The molecule has 1 aliphatic heterocycles. The molecule has 0 saturated carbocycles. The Labute approximate surface area is 244 Å². The van der Waals surface area contributed by atoms with Crippen molar-refractivity contribution in [3.05, 3.63) is 80.2 Å². The van der Waals surface area contributed by atoms with E-state index in [0.29, 0.717) is 42.2 Å². The number of carbonyl (C=O) groups excluding carboxylic acids is 4. The number of nitro groups is 1. The number of methoxy groups -OCH3 is 1. The van der Waals surface area contributed by atoms with Crippen LogP contribution in [0.2, 0.25) is 0 Å². The third-order valence-corrected chi connectivity index (χ3v) is 8.99. The smallest absolute Gasteiger partial charge is 0.341 e. The Morgan fingerprint density at radius 2 is 1.88 bits per heavy atom. The Kier molecular flexibility index (Phi) is 9.40. The second-order valence-corrected chi connectivity index (χ2v) is 11.6. The van der Waals surface area contributed by atoms with Gasteiger partial charge in [-0.3, -0.25) is 24.5 Å². The number of nitrogens with zero attached hydrogens (tertiary/aromatic N) is 2. The first kappa shape index (κ1) is 29.7. The van der Waals surface area contributed by atoms with Crippen molar-refractivity contribution in [3.8, 4) is 0 Å². The molecule has 0 saturated heterocycles. The standard InChI is InChI=1S/C28H28N4O7S2/c1-4-22(26(35)30-27-24(28(36)39-3)21-12-13-31(16(2)33)15-23(21)41-27)40-20-7-5-6-18(14-20)29-25(34)17-8-10-19(11-9-17)32(37)38/h5-11,14,22H,4,12-13,15H2,1-3H3,(H,29,34)(H,30,35). The SMILES string of the molecule is CCC(Sc1cccc(NC(=O)c2ccc([N+](=O)[O-])cc2)c1)C(=O)Nc1sc2c(c1C(=O)OC)CCN(C(C)=O)C2. The summed E-state index contributed by atoms with van der Waals surface area (Å²) < 4.78 is 5.00. The molecule has 11 nitrogen and oxygen atoms in total. The highest BCUT2D eigenvalue weighted by Crippen LogP contribution is 2.38. The number of rotatable bonds is 9. The maximum absolute atomic E-state index is 13.4. The molecule has 0 aliphatic carbocycles. The molecule has 214 valence electrons. The summed E-state index contributed by atoms with van der Waals surface area (Å²) in [4.78, 5) is 64.1. The number of nitrogens with one attached hydrogen (secondary N) is 2. The normalized spacial score (nSPS) is 13.1. The van der Waals surface area contributed by atoms with E-state index in [9.17, 15) is 29.3 Å². The maximum atomic E-state index is 13.4. The van der Waals surface area contributed by atoms with Crippen LogP contribution in [0.4, 0.5) is 16.4 Å². The van der Waals surface area contributed by atoms with Crippen molar-refractivity contribution in [2.75, 3.05) is 24.3 Å². The van der Waals surface area contributed by atoms with E-state index in [2.05, 4.69) is 10.6 Å². The number of esters is 1. The third-order valence-electron chi connectivity index (χ3n) is 6.50. The van der Waals surface area contributed by atoms with Crippen LogP contribution >= 0.6 is 23.1 Å². The first-order chi connectivity index (χ1) is 19.6. The predicted molar refractivity (Wildman–Crippen MR) is 157 cm³/mol. The van der Waals surface area contributed by atoms with Gasteiger partial charge in [-0.05, 0) is 48.7 Å². The van der Waals surface area contributed by atoms with Crippen LogP contribution in [0.5, 0.6) is 0 Å². The lowest BCUT2D eigenvalue weighted by atomic mass is 10.0. The van der Waals surface area contributed by atoms with Crippen LogP contribution in [0.15, 0.2) is 53.4 Å². The first-order valence-corrected chi connectivity index (χ1v) is 14.4. The van der Waals surface area contributed by atoms with E-state index in [1.54, 1.807) is 23.1 Å². The molecule has 3 amide bonds. The van der Waals surface area contributed by atoms with E-state index in [1.165, 1.54) is 61.4 Å². The Balaban J connectivity index is 1.47. The van der Waals surface area contributed by atoms with E-state index >= 15 is 0 Å². The van der Waals surface area contributed by atoms with Gasteiger partial charge in [0.15, 0.2) is 0 Å². The van der Waals surface area contributed by atoms with Crippen LogP contribution in [0.1, 0.15) is 51.4 Å². The van der Waals surface area contributed by atoms with Crippen molar-refractivity contribution >= 4 is 63.2 Å². The lowest BCUT2D eigenvalue weighted by molar-refractivity contribution is -0.384. The van der Waals surface area contributed by atoms with Crippen molar-refractivity contribution in [1.29, 1.82) is 0 Å². The molecule has 1 atom stereocenters. The summed E-state index contributed by atoms with van der Waals surface area (Å²) in [5, 5.41) is 16.4. The molecular weight excluding hydrogens is 568 g/mol. The maximum Gasteiger partial charge on any atom is 0.341 e. The summed E-state index contributed by atoms with van der Waals surface area (Å²) in [5.74, 6) is -1.30. The molecule has 1 aliphatic rings. The molecule has 3 aromatic rings. The van der Waals surface area contributed by atoms with Gasteiger partial charge in [-0.25, -0.2) is 4.79 Å². The van der Waals surface area contributed by atoms with Gasteiger partial charge < -0.3 is 20.3 Å². The highest BCUT2D eigenvalue weighted by Gasteiger charge is 2.31. The second kappa shape index (κ2) is 13.0. The van der Waals surface area contributed by atoms with Crippen molar-refractivity contribution in [2.45, 2.75) is 43.4 Å². The molecular formula is C28H28N4O7S2. The number of thioether (sulfide) groups is 1. The molecule has 41 heavy (non-hydrogen) atoms. The number of carbonyl (C=O) groups is 4. The van der Waals surface area contributed by atoms with Crippen LogP contribution in [0.3, 0.4) is 0 Å². The zero-order valence-corrected chi connectivity index (χ0v) is 24.2. The second-order valence-electron chi connectivity index (χ2n) is 9.18. The third kappa shape index (κ3) is 6.92. The molecule has 13 heteroatoms. The van der Waals surface area contributed by atoms with Gasteiger partial charge in [0.1, 0.15) is 5.00 Å². The van der Waals surface area contributed by atoms with E-state index in [-0.39, 0.29) is 23.1 Å². The summed E-state index contributed by atoms with van der Waals surface area (Å²) >= 11 is 2.59. The van der Waals surface area contributed by atoms with Crippen LogP contribution in [-0.2, 0) is 27.3 Å². The van der Waals surface area contributed by atoms with Crippen molar-refractivity contribution < 1.29 is 28.8 Å². The van der Waals surface area contributed by atoms with E-state index in [0.717, 1.165) is 15.3 Å². The Hall–Kier alpha value is -4.23. The molecule has 1 unspecified atom stereocenters. The van der Waals surface area contributed by atoms with Crippen molar-refractivity contribution in [2.24, 2.45) is 0 Å². The highest BCUT2D eigenvalue weighted by atomic mass is 32.2. The highest BCUT2D eigenvalue weighted by molar-refractivity contribution is 8.00. The minimum atomic E-state index is -0.536. The molecule has 0 bridgehead atoms. The van der Waals surface area contributed by atoms with Gasteiger partial charge in [-0.1, -0.05) is 13.0 Å². The lowest BCUT2D eigenvalue weighted by Crippen LogP contribution is -2.34. The number of anilines is 2. The van der Waals surface area contributed by atoms with Crippen molar-refractivity contribution in [3.63, 3.8) is 0 Å². The number of ether oxygens (including phenoxy) is 1. The van der Waals surface area contributed by atoms with Gasteiger partial charge in [0.05, 0.1) is 29.4 Å². The zero-order valence-electron chi connectivity index (χ0n) is 22.6. The fourth-order valence-electron chi connectivity index (χ4n) is 4.34. The fourth-order valence-corrected chi connectivity index (χ4v) is 6.61. The topological polar surface area (TPSA) is 148 Å². The van der Waals surface area contributed by atoms with Crippen LogP contribution in [0, 0.1) is 10.1 Å². The Bertz CT molecular complexity index is 1500. The lowest BCUT2D eigenvalue weighted by Gasteiger charge is -2.25. The van der Waals surface area contributed by atoms with Gasteiger partial charge in [-0.15, -0.1) is 23.1 Å². The largest absolute Gasteiger partial charge is 0.465 e. The number of hydrogen-bond donors (Lipinski definition) is 2. The van der Waals surface area contributed by atoms with Crippen LogP contribution in [-0.4, -0.2) is 52.4 Å². The number of benzene rings is 2. The summed E-state index contributed by atoms with van der Waals surface area (Å²) in [6.07, 6.45) is 0.989. The van der Waals surface area contributed by atoms with E-state index in [1.807, 2.05) is 13.0 Å². The molecule has 0 spiro atoms. The summed E-state index contributed by atoms with van der Waals surface area (Å²) in [7, 11) is 1.29. The average Bonchev–Trinajstić information content (AvgIpc) is 3.32. The van der Waals surface area contributed by atoms with Gasteiger partial charge >= 0.3 is 5.97 Å². The monoisotopic (exact) mass is 596 g/mol. The van der Waals surface area contributed by atoms with Gasteiger partial charge in [0, 0.05) is 46.6 Å². The van der Waals surface area contributed by atoms with Crippen molar-refractivity contribution in [1.82, 2.24) is 4.90 Å². The van der Waals surface area contributed by atoms with E-state index in [4.69, 9.17) is 4.74 Å². The Morgan fingerprint density at radius 1 is 1.15 bits per heavy atom. The van der Waals surface area contributed by atoms with Gasteiger partial charge in [0.25, 0.3) is 11.6 Å². The number of fused-ring (bicyclic) bond motifs is 1. The average molecular weight is 597 g/mol. The zero-order chi connectivity index (χ0) is 29.7.